The van der Waals surface area contributed by atoms with Crippen LogP contribution >= 0.6 is 23.2 Å². The summed E-state index contributed by atoms with van der Waals surface area (Å²) in [6.45, 7) is 2.93. The second kappa shape index (κ2) is 4.52. The highest BCUT2D eigenvalue weighted by Gasteiger charge is 2.23. The van der Waals surface area contributed by atoms with Crippen LogP contribution in [-0.4, -0.2) is 16.5 Å². The molecule has 0 fully saturated rings. The highest BCUT2D eigenvalue weighted by molar-refractivity contribution is 6.42. The van der Waals surface area contributed by atoms with E-state index in [9.17, 15) is 9.90 Å². The minimum atomic E-state index is -1.31. The molecular formula is C11H12Cl2O2. The van der Waals surface area contributed by atoms with Crippen molar-refractivity contribution in [2.75, 3.05) is 0 Å². The van der Waals surface area contributed by atoms with Gasteiger partial charge in [0.2, 0.25) is 0 Å². The SMILES string of the molecule is CC(C)(O)C(=O)Cc1ccc(Cl)c(Cl)c1. The first-order valence-corrected chi connectivity index (χ1v) is 5.26. The van der Waals surface area contributed by atoms with Crippen LogP contribution < -0.4 is 0 Å². The van der Waals surface area contributed by atoms with Gasteiger partial charge in [-0.2, -0.15) is 0 Å². The monoisotopic (exact) mass is 246 g/mol. The Morgan fingerprint density at radius 2 is 1.93 bits per heavy atom. The minimum absolute atomic E-state index is 0.153. The van der Waals surface area contributed by atoms with Crippen molar-refractivity contribution in [2.45, 2.75) is 25.9 Å². The quantitative estimate of drug-likeness (QED) is 0.891. The van der Waals surface area contributed by atoms with Gasteiger partial charge < -0.3 is 5.11 Å². The van der Waals surface area contributed by atoms with Crippen molar-refractivity contribution >= 4 is 29.0 Å². The van der Waals surface area contributed by atoms with E-state index in [1.54, 1.807) is 18.2 Å². The molecule has 0 saturated heterocycles. The zero-order chi connectivity index (χ0) is 11.6. The molecule has 2 nitrogen and oxygen atoms in total. The van der Waals surface area contributed by atoms with E-state index in [0.29, 0.717) is 10.0 Å². The molecule has 0 radical (unpaired) electrons. The molecule has 0 spiro atoms. The summed E-state index contributed by atoms with van der Waals surface area (Å²) in [5, 5.41) is 10.3. The summed E-state index contributed by atoms with van der Waals surface area (Å²) in [4.78, 5) is 11.5. The Balaban J connectivity index is 2.83. The fraction of sp³-hybridized carbons (Fsp3) is 0.364. The van der Waals surface area contributed by atoms with E-state index in [1.807, 2.05) is 0 Å². The van der Waals surface area contributed by atoms with Crippen LogP contribution in [-0.2, 0) is 11.2 Å². The summed E-state index contributed by atoms with van der Waals surface area (Å²) < 4.78 is 0. The molecule has 0 aliphatic heterocycles. The second-order valence-corrected chi connectivity index (χ2v) is 4.72. The third-order valence-corrected chi connectivity index (χ3v) is 2.77. The number of halogens is 2. The van der Waals surface area contributed by atoms with Gasteiger partial charge in [-0.1, -0.05) is 29.3 Å². The maximum Gasteiger partial charge on any atom is 0.168 e. The predicted octanol–water partition coefficient (Wildman–Crippen LogP) is 2.88. The van der Waals surface area contributed by atoms with Gasteiger partial charge in [-0.25, -0.2) is 0 Å². The van der Waals surface area contributed by atoms with Crippen LogP contribution in [0.4, 0.5) is 0 Å². The van der Waals surface area contributed by atoms with Gasteiger partial charge in [-0.05, 0) is 31.5 Å². The van der Waals surface area contributed by atoms with E-state index in [0.717, 1.165) is 5.56 Å². The molecule has 0 aliphatic rings. The van der Waals surface area contributed by atoms with E-state index in [4.69, 9.17) is 23.2 Å². The fourth-order valence-electron chi connectivity index (χ4n) is 1.05. The van der Waals surface area contributed by atoms with Crippen LogP contribution in [0.2, 0.25) is 10.0 Å². The average molecular weight is 247 g/mol. The largest absolute Gasteiger partial charge is 0.383 e. The minimum Gasteiger partial charge on any atom is -0.383 e. The molecule has 1 rings (SSSR count). The summed E-state index contributed by atoms with van der Waals surface area (Å²) >= 11 is 11.5. The van der Waals surface area contributed by atoms with Crippen LogP contribution in [0.3, 0.4) is 0 Å². The Labute approximate surface area is 98.8 Å². The van der Waals surface area contributed by atoms with Crippen molar-refractivity contribution in [3.8, 4) is 0 Å². The van der Waals surface area contributed by atoms with Crippen molar-refractivity contribution in [1.82, 2.24) is 0 Å². The average Bonchev–Trinajstić information content (AvgIpc) is 2.10. The normalized spacial score (nSPS) is 11.5. The number of carbonyl (C=O) groups is 1. The highest BCUT2D eigenvalue weighted by atomic mass is 35.5. The molecule has 0 unspecified atom stereocenters. The fourth-order valence-corrected chi connectivity index (χ4v) is 1.37. The van der Waals surface area contributed by atoms with E-state index in [2.05, 4.69) is 0 Å². The Kier molecular flexibility index (Phi) is 3.77. The van der Waals surface area contributed by atoms with Crippen LogP contribution in [0, 0.1) is 0 Å². The lowest BCUT2D eigenvalue weighted by molar-refractivity contribution is -0.133. The van der Waals surface area contributed by atoms with E-state index < -0.39 is 5.60 Å². The highest BCUT2D eigenvalue weighted by Crippen LogP contribution is 2.23. The Morgan fingerprint density at radius 3 is 2.40 bits per heavy atom. The molecule has 1 aromatic rings. The number of rotatable bonds is 3. The maximum absolute atomic E-state index is 11.5. The third-order valence-electron chi connectivity index (χ3n) is 2.03. The molecule has 0 aromatic heterocycles. The van der Waals surface area contributed by atoms with Gasteiger partial charge in [-0.3, -0.25) is 4.79 Å². The molecule has 0 bridgehead atoms. The van der Waals surface area contributed by atoms with Crippen molar-refractivity contribution in [2.24, 2.45) is 0 Å². The molecule has 1 aromatic carbocycles. The topological polar surface area (TPSA) is 37.3 Å². The first-order valence-electron chi connectivity index (χ1n) is 4.50. The predicted molar refractivity (Wildman–Crippen MR) is 61.5 cm³/mol. The molecule has 0 heterocycles. The molecule has 1 N–H and O–H groups in total. The van der Waals surface area contributed by atoms with Gasteiger partial charge in [0, 0.05) is 6.42 Å². The molecule has 0 amide bonds. The summed E-state index contributed by atoms with van der Waals surface area (Å²) in [6.07, 6.45) is 0.153. The van der Waals surface area contributed by atoms with E-state index in [1.165, 1.54) is 13.8 Å². The molecule has 0 saturated carbocycles. The Bertz CT molecular complexity index is 381. The van der Waals surface area contributed by atoms with Crippen molar-refractivity contribution in [3.05, 3.63) is 33.8 Å². The third kappa shape index (κ3) is 3.49. The first-order chi connectivity index (χ1) is 6.80. The van der Waals surface area contributed by atoms with Crippen LogP contribution in [0.5, 0.6) is 0 Å². The van der Waals surface area contributed by atoms with Crippen LogP contribution in [0.25, 0.3) is 0 Å². The van der Waals surface area contributed by atoms with Gasteiger partial charge in [0.15, 0.2) is 5.78 Å². The number of hydrogen-bond acceptors (Lipinski definition) is 2. The summed E-state index contributed by atoms with van der Waals surface area (Å²) in [7, 11) is 0. The first kappa shape index (κ1) is 12.5. The van der Waals surface area contributed by atoms with E-state index in [-0.39, 0.29) is 12.2 Å². The number of ketones is 1. The number of Topliss-reactive ketones (excluding diaryl/α,β-unsaturated/α-hetero) is 1. The second-order valence-electron chi connectivity index (χ2n) is 3.91. The lowest BCUT2D eigenvalue weighted by Gasteiger charge is -2.15. The molecule has 0 aliphatic carbocycles. The molecule has 82 valence electrons. The number of carbonyl (C=O) groups excluding carboxylic acids is 1. The number of hydrogen-bond donors (Lipinski definition) is 1. The smallest absolute Gasteiger partial charge is 0.168 e. The summed E-state index contributed by atoms with van der Waals surface area (Å²) in [5.74, 6) is -0.249. The zero-order valence-electron chi connectivity index (χ0n) is 8.55. The summed E-state index contributed by atoms with van der Waals surface area (Å²) in [5.41, 5.74) is -0.567. The molecule has 15 heavy (non-hydrogen) atoms. The lowest BCUT2D eigenvalue weighted by atomic mass is 9.97. The standard InChI is InChI=1S/C11H12Cl2O2/c1-11(2,15)10(14)6-7-3-4-8(12)9(13)5-7/h3-5,15H,6H2,1-2H3. The molecule has 4 heteroatoms. The van der Waals surface area contributed by atoms with Crippen LogP contribution in [0.1, 0.15) is 19.4 Å². The molecular weight excluding hydrogens is 235 g/mol. The van der Waals surface area contributed by atoms with Gasteiger partial charge in [0.1, 0.15) is 5.60 Å². The van der Waals surface area contributed by atoms with Gasteiger partial charge in [-0.15, -0.1) is 0 Å². The van der Waals surface area contributed by atoms with Crippen LogP contribution in [0.15, 0.2) is 18.2 Å². The zero-order valence-corrected chi connectivity index (χ0v) is 10.1. The van der Waals surface area contributed by atoms with Gasteiger partial charge in [0.05, 0.1) is 10.0 Å². The maximum atomic E-state index is 11.5. The number of aliphatic hydroxyl groups is 1. The van der Waals surface area contributed by atoms with Crippen molar-refractivity contribution < 1.29 is 9.90 Å². The van der Waals surface area contributed by atoms with Gasteiger partial charge in [0.25, 0.3) is 0 Å². The Hall–Kier alpha value is -0.570. The molecule has 0 atom stereocenters. The summed E-state index contributed by atoms with van der Waals surface area (Å²) in [6, 6.07) is 4.99. The van der Waals surface area contributed by atoms with Gasteiger partial charge >= 0.3 is 0 Å². The Morgan fingerprint density at radius 1 is 1.33 bits per heavy atom. The van der Waals surface area contributed by atoms with Crippen molar-refractivity contribution in [1.29, 1.82) is 0 Å². The lowest BCUT2D eigenvalue weighted by Crippen LogP contribution is -2.32. The van der Waals surface area contributed by atoms with E-state index >= 15 is 0 Å². The van der Waals surface area contributed by atoms with Crippen molar-refractivity contribution in [3.63, 3.8) is 0 Å². The number of benzene rings is 1.